The monoisotopic (exact) mass is 199 g/mol. The summed E-state index contributed by atoms with van der Waals surface area (Å²) >= 11 is 0. The van der Waals surface area contributed by atoms with Crippen LogP contribution >= 0.6 is 0 Å². The van der Waals surface area contributed by atoms with E-state index in [0.717, 1.165) is 0 Å². The maximum absolute atomic E-state index is 11.1. The zero-order chi connectivity index (χ0) is 10.8. The van der Waals surface area contributed by atoms with Crippen molar-refractivity contribution in [3.63, 3.8) is 0 Å². The van der Waals surface area contributed by atoms with Gasteiger partial charge in [0, 0.05) is 0 Å². The Morgan fingerprint density at radius 1 is 1.64 bits per heavy atom. The smallest absolute Gasteiger partial charge is 0.379 e. The number of hydrogen-bond donors (Lipinski definition) is 1. The Hall–Kier alpha value is -1.43. The molecular weight excluding hydrogens is 186 g/mol. The number of nitrogens with zero attached hydrogens (tertiary/aromatic N) is 2. The summed E-state index contributed by atoms with van der Waals surface area (Å²) in [7, 11) is 0. The van der Waals surface area contributed by atoms with Crippen LogP contribution in [-0.4, -0.2) is 22.7 Å². The third-order valence-electron chi connectivity index (χ3n) is 1.44. The molecule has 6 nitrogen and oxygen atoms in total. The highest BCUT2D eigenvalue weighted by Crippen LogP contribution is 2.13. The molecule has 0 unspecified atom stereocenters. The summed E-state index contributed by atoms with van der Waals surface area (Å²) in [6.07, 6.45) is 0. The maximum Gasteiger partial charge on any atom is 0.379 e. The Balaban J connectivity index is 2.83. The van der Waals surface area contributed by atoms with E-state index in [2.05, 4.69) is 14.9 Å². The standard InChI is InChI=1S/C8H13N3O3/c1-4-13-6(12)5-10-7(14-11-5)8(2,3)9/h4,9H2,1-3H3. The molecule has 0 aliphatic rings. The Bertz CT molecular complexity index is 327. The first-order valence-corrected chi connectivity index (χ1v) is 4.25. The molecule has 0 spiro atoms. The number of rotatable bonds is 3. The molecule has 0 saturated heterocycles. The Morgan fingerprint density at radius 3 is 2.71 bits per heavy atom. The normalized spacial score (nSPS) is 11.4. The van der Waals surface area contributed by atoms with Crippen LogP contribution in [0.3, 0.4) is 0 Å². The summed E-state index contributed by atoms with van der Waals surface area (Å²) in [5.74, 6) is -0.493. The van der Waals surface area contributed by atoms with Crippen LogP contribution in [-0.2, 0) is 10.3 Å². The zero-order valence-electron chi connectivity index (χ0n) is 8.40. The van der Waals surface area contributed by atoms with Crippen molar-refractivity contribution in [3.05, 3.63) is 11.7 Å². The van der Waals surface area contributed by atoms with Crippen molar-refractivity contribution in [2.24, 2.45) is 5.73 Å². The molecule has 78 valence electrons. The Morgan fingerprint density at radius 2 is 2.29 bits per heavy atom. The largest absolute Gasteiger partial charge is 0.460 e. The highest BCUT2D eigenvalue weighted by atomic mass is 16.5. The van der Waals surface area contributed by atoms with Gasteiger partial charge in [-0.05, 0) is 25.9 Å². The van der Waals surface area contributed by atoms with Crippen LogP contribution in [0.15, 0.2) is 4.52 Å². The molecule has 0 bridgehead atoms. The maximum atomic E-state index is 11.1. The second-order valence-electron chi connectivity index (χ2n) is 3.37. The van der Waals surface area contributed by atoms with E-state index in [0.29, 0.717) is 0 Å². The van der Waals surface area contributed by atoms with Gasteiger partial charge in [-0.15, -0.1) is 0 Å². The lowest BCUT2D eigenvalue weighted by molar-refractivity contribution is 0.0508. The third kappa shape index (κ3) is 2.29. The highest BCUT2D eigenvalue weighted by molar-refractivity contribution is 5.84. The fourth-order valence-electron chi connectivity index (χ4n) is 0.764. The van der Waals surface area contributed by atoms with E-state index >= 15 is 0 Å². The third-order valence-corrected chi connectivity index (χ3v) is 1.44. The lowest BCUT2D eigenvalue weighted by Gasteiger charge is -2.10. The summed E-state index contributed by atoms with van der Waals surface area (Å²) in [5.41, 5.74) is 4.94. The second-order valence-corrected chi connectivity index (χ2v) is 3.37. The van der Waals surface area contributed by atoms with Crippen molar-refractivity contribution in [1.29, 1.82) is 0 Å². The van der Waals surface area contributed by atoms with E-state index in [1.54, 1.807) is 20.8 Å². The van der Waals surface area contributed by atoms with E-state index in [4.69, 9.17) is 10.3 Å². The topological polar surface area (TPSA) is 91.2 Å². The average Bonchev–Trinajstić information content (AvgIpc) is 2.51. The number of carbonyl (C=O) groups excluding carboxylic acids is 1. The van der Waals surface area contributed by atoms with Gasteiger partial charge < -0.3 is 15.0 Å². The summed E-state index contributed by atoms with van der Waals surface area (Å²) in [5, 5.41) is 3.46. The molecule has 14 heavy (non-hydrogen) atoms. The minimum Gasteiger partial charge on any atom is -0.460 e. The van der Waals surface area contributed by atoms with Crippen molar-refractivity contribution < 1.29 is 14.1 Å². The van der Waals surface area contributed by atoms with Gasteiger partial charge >= 0.3 is 5.97 Å². The SMILES string of the molecule is CCOC(=O)c1noc(C(C)(C)N)n1. The number of carbonyl (C=O) groups is 1. The predicted octanol–water partition coefficient (Wildman–Crippen LogP) is 0.440. The number of hydrogen-bond acceptors (Lipinski definition) is 6. The van der Waals surface area contributed by atoms with E-state index in [1.165, 1.54) is 0 Å². The molecule has 0 amide bonds. The van der Waals surface area contributed by atoms with E-state index in [9.17, 15) is 4.79 Å². The summed E-state index contributed by atoms with van der Waals surface area (Å²) in [6, 6.07) is 0. The van der Waals surface area contributed by atoms with Gasteiger partial charge in [-0.25, -0.2) is 4.79 Å². The number of ether oxygens (including phenoxy) is 1. The molecule has 1 rings (SSSR count). The second kappa shape index (κ2) is 3.75. The van der Waals surface area contributed by atoms with Gasteiger partial charge in [0.25, 0.3) is 5.82 Å². The van der Waals surface area contributed by atoms with Crippen LogP contribution < -0.4 is 5.73 Å². The van der Waals surface area contributed by atoms with Gasteiger partial charge in [-0.3, -0.25) is 0 Å². The lowest BCUT2D eigenvalue weighted by Crippen LogP contribution is -2.29. The summed E-state index contributed by atoms with van der Waals surface area (Å²) < 4.78 is 9.50. The minimum atomic E-state index is -0.752. The lowest BCUT2D eigenvalue weighted by atomic mass is 10.1. The Kier molecular flexibility index (Phi) is 2.85. The molecule has 0 radical (unpaired) electrons. The van der Waals surface area contributed by atoms with Crippen LogP contribution in [0.2, 0.25) is 0 Å². The predicted molar refractivity (Wildman–Crippen MR) is 47.5 cm³/mol. The van der Waals surface area contributed by atoms with Crippen molar-refractivity contribution in [1.82, 2.24) is 10.1 Å². The van der Waals surface area contributed by atoms with E-state index in [-0.39, 0.29) is 18.3 Å². The average molecular weight is 199 g/mol. The van der Waals surface area contributed by atoms with Gasteiger partial charge in [0.2, 0.25) is 5.89 Å². The van der Waals surface area contributed by atoms with Crippen LogP contribution in [0, 0.1) is 0 Å². The molecule has 0 saturated carbocycles. The molecule has 0 atom stereocenters. The van der Waals surface area contributed by atoms with Gasteiger partial charge in [0.05, 0.1) is 12.1 Å². The quantitative estimate of drug-likeness (QED) is 0.710. The van der Waals surface area contributed by atoms with Gasteiger partial charge in [-0.1, -0.05) is 0 Å². The van der Waals surface area contributed by atoms with Gasteiger partial charge in [-0.2, -0.15) is 4.98 Å². The van der Waals surface area contributed by atoms with Gasteiger partial charge in [0.1, 0.15) is 0 Å². The Labute approximate surface area is 81.4 Å². The van der Waals surface area contributed by atoms with Crippen molar-refractivity contribution in [3.8, 4) is 0 Å². The molecule has 2 N–H and O–H groups in total. The first-order valence-electron chi connectivity index (χ1n) is 4.25. The first kappa shape index (κ1) is 10.6. The molecule has 6 heteroatoms. The number of esters is 1. The molecule has 1 aromatic heterocycles. The van der Waals surface area contributed by atoms with Crippen LogP contribution in [0.4, 0.5) is 0 Å². The van der Waals surface area contributed by atoms with Crippen molar-refractivity contribution >= 4 is 5.97 Å². The first-order chi connectivity index (χ1) is 6.45. The molecule has 0 aliphatic heterocycles. The fraction of sp³-hybridized carbons (Fsp3) is 0.625. The van der Waals surface area contributed by atoms with E-state index < -0.39 is 11.5 Å². The van der Waals surface area contributed by atoms with Crippen LogP contribution in [0.5, 0.6) is 0 Å². The van der Waals surface area contributed by atoms with Crippen LogP contribution in [0.25, 0.3) is 0 Å². The summed E-state index contributed by atoms with van der Waals surface area (Å²) in [6.45, 7) is 5.38. The van der Waals surface area contributed by atoms with E-state index in [1.807, 2.05) is 0 Å². The molecule has 0 aromatic carbocycles. The molecule has 0 aliphatic carbocycles. The fourth-order valence-corrected chi connectivity index (χ4v) is 0.764. The minimum absolute atomic E-state index is 0.0969. The molecule has 0 fully saturated rings. The molecule has 1 heterocycles. The molecular formula is C8H13N3O3. The number of aromatic nitrogens is 2. The van der Waals surface area contributed by atoms with Crippen LogP contribution in [0.1, 0.15) is 37.3 Å². The summed E-state index contributed by atoms with van der Waals surface area (Å²) in [4.78, 5) is 15.0. The van der Waals surface area contributed by atoms with Crippen molar-refractivity contribution in [2.75, 3.05) is 6.61 Å². The zero-order valence-corrected chi connectivity index (χ0v) is 8.40. The molecule has 1 aromatic rings. The highest BCUT2D eigenvalue weighted by Gasteiger charge is 2.24. The van der Waals surface area contributed by atoms with Gasteiger partial charge in [0.15, 0.2) is 0 Å². The van der Waals surface area contributed by atoms with Crippen molar-refractivity contribution in [2.45, 2.75) is 26.3 Å². The number of nitrogens with two attached hydrogens (primary N) is 1.